The van der Waals surface area contributed by atoms with Crippen molar-refractivity contribution >= 4 is 31.6 Å². The van der Waals surface area contributed by atoms with Crippen LogP contribution in [0.3, 0.4) is 0 Å². The lowest BCUT2D eigenvalue weighted by Gasteiger charge is -2.22. The van der Waals surface area contributed by atoms with Gasteiger partial charge in [0.25, 0.3) is 5.91 Å². The van der Waals surface area contributed by atoms with Crippen LogP contribution in [0.15, 0.2) is 77.7 Å². The summed E-state index contributed by atoms with van der Waals surface area (Å²) < 4.78 is 54.1. The molecule has 0 aliphatic heterocycles. The highest BCUT2D eigenvalue weighted by Gasteiger charge is 2.25. The van der Waals surface area contributed by atoms with Crippen molar-refractivity contribution in [2.45, 2.75) is 43.7 Å². The number of carbonyl (C=O) groups excluding carboxylic acids is 1. The molecule has 0 heterocycles. The van der Waals surface area contributed by atoms with E-state index in [0.717, 1.165) is 6.26 Å². The minimum absolute atomic E-state index is 0.123. The van der Waals surface area contributed by atoms with Gasteiger partial charge in [0.15, 0.2) is 0 Å². The molecule has 1 amide bonds. The standard InChI is InChI=1S/C27H30N4O5S2/c1-27(2,3)31-38(35,36)25-11-6-5-10-23(25)21-12-14-22(15-13-21)29-24(26(32)30-37(4,33)34)17-19-8-7-9-20(16-19)18-28/h5-16,24,29,31H,17H2,1-4H3,(H,30,32)/t24-/m0/s1. The van der Waals surface area contributed by atoms with Crippen molar-refractivity contribution in [3.05, 3.63) is 83.9 Å². The van der Waals surface area contributed by atoms with Gasteiger partial charge in [-0.05, 0) is 62.2 Å². The van der Waals surface area contributed by atoms with Crippen LogP contribution >= 0.6 is 0 Å². The van der Waals surface area contributed by atoms with Crippen molar-refractivity contribution in [2.75, 3.05) is 11.6 Å². The SMILES string of the molecule is CC(C)(C)NS(=O)(=O)c1ccccc1-c1ccc(N[C@@H](Cc2cccc(C#N)c2)C(=O)NS(C)(=O)=O)cc1. The van der Waals surface area contributed by atoms with E-state index >= 15 is 0 Å². The molecule has 0 aromatic heterocycles. The molecule has 0 saturated heterocycles. The molecular weight excluding hydrogens is 524 g/mol. The van der Waals surface area contributed by atoms with E-state index in [1.165, 1.54) is 6.07 Å². The monoisotopic (exact) mass is 554 g/mol. The molecule has 9 nitrogen and oxygen atoms in total. The molecule has 0 unspecified atom stereocenters. The Morgan fingerprint density at radius 2 is 1.61 bits per heavy atom. The lowest BCUT2D eigenvalue weighted by Crippen LogP contribution is -2.43. The molecule has 3 N–H and O–H groups in total. The Morgan fingerprint density at radius 3 is 2.21 bits per heavy atom. The van der Waals surface area contributed by atoms with E-state index in [9.17, 15) is 26.9 Å². The fourth-order valence-electron chi connectivity index (χ4n) is 3.81. The zero-order valence-electron chi connectivity index (χ0n) is 21.5. The van der Waals surface area contributed by atoms with E-state index in [1.54, 1.807) is 87.5 Å². The topological polar surface area (TPSA) is 145 Å². The molecule has 0 spiro atoms. The van der Waals surface area contributed by atoms with E-state index in [0.29, 0.717) is 27.9 Å². The number of hydrogen-bond acceptors (Lipinski definition) is 7. The number of carbonyl (C=O) groups is 1. The van der Waals surface area contributed by atoms with Gasteiger partial charge in [0.1, 0.15) is 6.04 Å². The molecule has 3 rings (SSSR count). The fraction of sp³-hybridized carbons (Fsp3) is 0.259. The maximum absolute atomic E-state index is 13.0. The number of benzene rings is 3. The molecule has 38 heavy (non-hydrogen) atoms. The first-order valence-electron chi connectivity index (χ1n) is 11.7. The fourth-order valence-corrected chi connectivity index (χ4v) is 5.97. The van der Waals surface area contributed by atoms with Crippen LogP contribution in [0.1, 0.15) is 31.9 Å². The highest BCUT2D eigenvalue weighted by atomic mass is 32.2. The first-order valence-corrected chi connectivity index (χ1v) is 15.0. The smallest absolute Gasteiger partial charge is 0.256 e. The summed E-state index contributed by atoms with van der Waals surface area (Å²) in [5.41, 5.74) is 2.11. The molecule has 0 radical (unpaired) electrons. The Hall–Kier alpha value is -3.72. The number of amides is 1. The summed E-state index contributed by atoms with van der Waals surface area (Å²) in [5, 5.41) is 12.2. The molecule has 200 valence electrons. The zero-order chi connectivity index (χ0) is 28.1. The summed E-state index contributed by atoms with van der Waals surface area (Å²) in [6.45, 7) is 5.29. The third kappa shape index (κ3) is 8.14. The number of nitrogens with one attached hydrogen (secondary N) is 3. The van der Waals surface area contributed by atoms with E-state index in [1.807, 2.05) is 10.8 Å². The summed E-state index contributed by atoms with van der Waals surface area (Å²) in [6.07, 6.45) is 1.02. The molecule has 3 aromatic rings. The normalized spacial score (nSPS) is 12.8. The number of nitriles is 1. The first-order chi connectivity index (χ1) is 17.7. The average Bonchev–Trinajstić information content (AvgIpc) is 2.82. The van der Waals surface area contributed by atoms with Crippen molar-refractivity contribution in [1.29, 1.82) is 5.26 Å². The molecule has 11 heteroatoms. The largest absolute Gasteiger partial charge is 0.373 e. The van der Waals surface area contributed by atoms with Crippen LogP contribution in [0.4, 0.5) is 5.69 Å². The van der Waals surface area contributed by atoms with Crippen LogP contribution in [0, 0.1) is 11.3 Å². The Morgan fingerprint density at radius 1 is 0.947 bits per heavy atom. The third-order valence-corrected chi connectivity index (χ3v) is 7.64. The van der Waals surface area contributed by atoms with Gasteiger partial charge in [-0.2, -0.15) is 5.26 Å². The lowest BCUT2D eigenvalue weighted by atomic mass is 10.0. The maximum atomic E-state index is 13.0. The van der Waals surface area contributed by atoms with E-state index in [4.69, 9.17) is 0 Å². The minimum Gasteiger partial charge on any atom is -0.373 e. The molecular formula is C27H30N4O5S2. The Balaban J connectivity index is 1.90. The highest BCUT2D eigenvalue weighted by molar-refractivity contribution is 7.89. The Bertz CT molecular complexity index is 1570. The van der Waals surface area contributed by atoms with Crippen LogP contribution in [0.2, 0.25) is 0 Å². The van der Waals surface area contributed by atoms with Crippen molar-refractivity contribution in [1.82, 2.24) is 9.44 Å². The number of sulfonamides is 2. The second-order valence-corrected chi connectivity index (χ2v) is 13.3. The molecule has 0 aliphatic rings. The molecule has 1 atom stereocenters. The van der Waals surface area contributed by atoms with Crippen LogP contribution < -0.4 is 14.8 Å². The van der Waals surface area contributed by atoms with Gasteiger partial charge in [-0.1, -0.05) is 42.5 Å². The van der Waals surface area contributed by atoms with Crippen LogP contribution in [0.5, 0.6) is 0 Å². The third-order valence-electron chi connectivity index (χ3n) is 5.25. The van der Waals surface area contributed by atoms with Crippen LogP contribution in [-0.4, -0.2) is 40.6 Å². The molecule has 0 fully saturated rings. The van der Waals surface area contributed by atoms with Crippen molar-refractivity contribution in [3.8, 4) is 17.2 Å². The van der Waals surface area contributed by atoms with E-state index in [-0.39, 0.29) is 11.3 Å². The molecule has 0 saturated carbocycles. The average molecular weight is 555 g/mol. The van der Waals surface area contributed by atoms with Crippen LogP contribution in [0.25, 0.3) is 11.1 Å². The van der Waals surface area contributed by atoms with Gasteiger partial charge in [0.05, 0.1) is 22.8 Å². The van der Waals surface area contributed by atoms with Crippen molar-refractivity contribution in [3.63, 3.8) is 0 Å². The molecule has 3 aromatic carbocycles. The maximum Gasteiger partial charge on any atom is 0.256 e. The van der Waals surface area contributed by atoms with Crippen LogP contribution in [-0.2, 0) is 31.3 Å². The zero-order valence-corrected chi connectivity index (χ0v) is 23.2. The predicted molar refractivity (Wildman–Crippen MR) is 147 cm³/mol. The second-order valence-electron chi connectivity index (χ2n) is 9.88. The predicted octanol–water partition coefficient (Wildman–Crippen LogP) is 3.40. The van der Waals surface area contributed by atoms with E-state index < -0.39 is 37.5 Å². The van der Waals surface area contributed by atoms with Crippen molar-refractivity contribution in [2.24, 2.45) is 0 Å². The van der Waals surface area contributed by atoms with Gasteiger partial charge in [-0.25, -0.2) is 21.6 Å². The quantitative estimate of drug-likeness (QED) is 0.368. The van der Waals surface area contributed by atoms with Gasteiger partial charge < -0.3 is 5.32 Å². The lowest BCUT2D eigenvalue weighted by molar-refractivity contribution is -0.120. The number of nitrogens with zero attached hydrogens (tertiary/aromatic N) is 1. The van der Waals surface area contributed by atoms with Gasteiger partial charge in [-0.15, -0.1) is 0 Å². The summed E-state index contributed by atoms with van der Waals surface area (Å²) in [6, 6.07) is 21.2. The summed E-state index contributed by atoms with van der Waals surface area (Å²) in [7, 11) is -7.59. The number of hydrogen-bond donors (Lipinski definition) is 3. The Labute approximate surface area is 224 Å². The first kappa shape index (κ1) is 28.8. The summed E-state index contributed by atoms with van der Waals surface area (Å²) >= 11 is 0. The minimum atomic E-state index is -3.80. The highest BCUT2D eigenvalue weighted by Crippen LogP contribution is 2.29. The number of rotatable bonds is 9. The van der Waals surface area contributed by atoms with Gasteiger partial charge in [-0.3, -0.25) is 9.52 Å². The molecule has 0 aliphatic carbocycles. The van der Waals surface area contributed by atoms with E-state index in [2.05, 4.69) is 10.0 Å². The van der Waals surface area contributed by atoms with Crippen molar-refractivity contribution < 1.29 is 21.6 Å². The van der Waals surface area contributed by atoms with Gasteiger partial charge >= 0.3 is 0 Å². The molecule has 0 bridgehead atoms. The summed E-state index contributed by atoms with van der Waals surface area (Å²) in [4.78, 5) is 12.9. The summed E-state index contributed by atoms with van der Waals surface area (Å²) in [5.74, 6) is -0.747. The second kappa shape index (κ2) is 11.3. The van der Waals surface area contributed by atoms with Gasteiger partial charge in [0, 0.05) is 23.2 Å². The number of anilines is 1. The van der Waals surface area contributed by atoms with Gasteiger partial charge in [0.2, 0.25) is 20.0 Å². The Kier molecular flexibility index (Phi) is 8.61.